The Morgan fingerprint density at radius 2 is 1.60 bits per heavy atom. The molecule has 0 aliphatic heterocycles. The third kappa shape index (κ3) is 3.59. The fourth-order valence-corrected chi connectivity index (χ4v) is 3.79. The second-order valence-electron chi connectivity index (χ2n) is 6.22. The van der Waals surface area contributed by atoms with E-state index in [1.165, 1.54) is 12.5 Å². The molecule has 0 aliphatic rings. The van der Waals surface area contributed by atoms with Crippen LogP contribution in [0.25, 0.3) is 27.6 Å². The zero-order chi connectivity index (χ0) is 21.3. The molecule has 0 amide bonds. The Morgan fingerprint density at radius 1 is 1.00 bits per heavy atom. The first kappa shape index (κ1) is 19.8. The van der Waals surface area contributed by atoms with Gasteiger partial charge in [0, 0.05) is 16.5 Å². The lowest BCUT2D eigenvalue weighted by atomic mass is 10.0. The van der Waals surface area contributed by atoms with Crippen LogP contribution in [0.2, 0.25) is 0 Å². The van der Waals surface area contributed by atoms with Crippen LogP contribution in [-0.4, -0.2) is 27.8 Å². The van der Waals surface area contributed by atoms with Gasteiger partial charge in [-0.05, 0) is 0 Å². The topological polar surface area (TPSA) is 57.0 Å². The first-order chi connectivity index (χ1) is 14.4. The molecule has 2 aromatic heterocycles. The van der Waals surface area contributed by atoms with Crippen molar-refractivity contribution in [2.24, 2.45) is 0 Å². The van der Waals surface area contributed by atoms with E-state index in [1.807, 2.05) is 0 Å². The summed E-state index contributed by atoms with van der Waals surface area (Å²) in [6.07, 6.45) is -4.67. The van der Waals surface area contributed by atoms with Gasteiger partial charge in [-0.15, -0.1) is 11.3 Å². The van der Waals surface area contributed by atoms with Crippen molar-refractivity contribution >= 4 is 17.3 Å². The molecule has 4 rings (SSSR count). The van der Waals surface area contributed by atoms with E-state index in [1.54, 1.807) is 60.7 Å². The average Bonchev–Trinajstić information content (AvgIpc) is 3.39. The molecule has 0 radical (unpaired) electrons. The number of carbonyl (C=O) groups is 1. The van der Waals surface area contributed by atoms with Gasteiger partial charge in [-0.1, -0.05) is 60.7 Å². The molecule has 0 saturated heterocycles. The Hall–Kier alpha value is -3.46. The molecule has 2 aromatic carbocycles. The monoisotopic (exact) mass is 429 g/mol. The van der Waals surface area contributed by atoms with Gasteiger partial charge in [-0.3, -0.25) is 0 Å². The Labute approximate surface area is 173 Å². The molecular formula is C21H14F3N3O2S. The summed E-state index contributed by atoms with van der Waals surface area (Å²) in [6.45, 7) is 0. The van der Waals surface area contributed by atoms with Crippen LogP contribution in [0.15, 0.2) is 66.0 Å². The molecule has 0 fully saturated rings. The number of hydrogen-bond donors (Lipinski definition) is 0. The molecule has 0 saturated carbocycles. The molecule has 0 spiro atoms. The number of hydrogen-bond acceptors (Lipinski definition) is 5. The number of nitrogens with zero attached hydrogens (tertiary/aromatic N) is 3. The second kappa shape index (κ2) is 7.75. The number of benzene rings is 2. The number of aromatic nitrogens is 3. The highest BCUT2D eigenvalue weighted by Crippen LogP contribution is 2.44. The minimum absolute atomic E-state index is 0.00170. The molecule has 0 N–H and O–H groups in total. The Morgan fingerprint density at radius 3 is 2.17 bits per heavy atom. The molecule has 0 aliphatic carbocycles. The minimum atomic E-state index is -4.67. The van der Waals surface area contributed by atoms with Gasteiger partial charge >= 0.3 is 12.1 Å². The number of methoxy groups -OCH3 is 1. The first-order valence-corrected chi connectivity index (χ1v) is 9.63. The largest absolute Gasteiger partial charge is 0.464 e. The van der Waals surface area contributed by atoms with E-state index in [2.05, 4.69) is 14.8 Å². The lowest BCUT2D eigenvalue weighted by molar-refractivity contribution is -0.136. The fourth-order valence-electron chi connectivity index (χ4n) is 3.05. The smallest absolute Gasteiger partial charge is 0.420 e. The van der Waals surface area contributed by atoms with Crippen molar-refractivity contribution in [3.05, 3.63) is 77.3 Å². The van der Waals surface area contributed by atoms with Crippen LogP contribution in [0, 0.1) is 0 Å². The van der Waals surface area contributed by atoms with E-state index < -0.39 is 17.7 Å². The third-order valence-electron chi connectivity index (χ3n) is 4.33. The summed E-state index contributed by atoms with van der Waals surface area (Å²) in [5.41, 5.74) is -0.569. The maximum Gasteiger partial charge on any atom is 0.420 e. The molecule has 152 valence electrons. The van der Waals surface area contributed by atoms with Crippen molar-refractivity contribution in [3.8, 4) is 27.6 Å². The number of rotatable bonds is 4. The summed E-state index contributed by atoms with van der Waals surface area (Å²) in [5.74, 6) is -0.676. The second-order valence-corrected chi connectivity index (χ2v) is 7.06. The van der Waals surface area contributed by atoms with Crippen LogP contribution in [0.5, 0.6) is 0 Å². The number of esters is 1. The van der Waals surface area contributed by atoms with Gasteiger partial charge in [0.15, 0.2) is 5.69 Å². The van der Waals surface area contributed by atoms with E-state index in [9.17, 15) is 18.0 Å². The minimum Gasteiger partial charge on any atom is -0.464 e. The lowest BCUT2D eigenvalue weighted by Gasteiger charge is -2.11. The number of ether oxygens (including phenoxy) is 1. The summed E-state index contributed by atoms with van der Waals surface area (Å²) < 4.78 is 48.5. The summed E-state index contributed by atoms with van der Waals surface area (Å²) >= 11 is 1.00. The molecular weight excluding hydrogens is 415 g/mol. The zero-order valence-corrected chi connectivity index (χ0v) is 16.4. The molecule has 30 heavy (non-hydrogen) atoms. The van der Waals surface area contributed by atoms with Crippen LogP contribution in [0.4, 0.5) is 13.2 Å². The maximum absolute atomic E-state index is 14.3. The number of halogens is 3. The van der Waals surface area contributed by atoms with Crippen molar-refractivity contribution in [2.75, 3.05) is 7.11 Å². The molecule has 4 aromatic rings. The summed E-state index contributed by atoms with van der Waals surface area (Å²) in [5, 5.41) is 5.83. The SMILES string of the molecule is COC(=O)c1csc(-n2nc(-c3ccccc3)c(C(F)(F)F)c2-c2ccccc2)n1. The van der Waals surface area contributed by atoms with E-state index in [0.29, 0.717) is 11.1 Å². The Bertz CT molecular complexity index is 1190. The van der Waals surface area contributed by atoms with Crippen molar-refractivity contribution < 1.29 is 22.7 Å². The van der Waals surface area contributed by atoms with Gasteiger partial charge in [0.25, 0.3) is 0 Å². The van der Waals surface area contributed by atoms with Gasteiger partial charge in [-0.2, -0.15) is 18.3 Å². The van der Waals surface area contributed by atoms with Crippen molar-refractivity contribution in [3.63, 3.8) is 0 Å². The number of carbonyl (C=O) groups excluding carboxylic acids is 1. The van der Waals surface area contributed by atoms with Crippen LogP contribution in [0.3, 0.4) is 0 Å². The third-order valence-corrected chi connectivity index (χ3v) is 5.15. The molecule has 9 heteroatoms. The highest BCUT2D eigenvalue weighted by molar-refractivity contribution is 7.12. The molecule has 0 bridgehead atoms. The molecule has 5 nitrogen and oxygen atoms in total. The van der Waals surface area contributed by atoms with Crippen molar-refractivity contribution in [2.45, 2.75) is 6.18 Å². The standard InChI is InChI=1S/C21H14F3N3O2S/c1-29-19(28)15-12-30-20(25-15)27-18(14-10-6-3-7-11-14)16(21(22,23)24)17(26-27)13-8-4-2-5-9-13/h2-12H,1H3. The van der Waals surface area contributed by atoms with Crippen LogP contribution >= 0.6 is 11.3 Å². The molecule has 0 unspecified atom stereocenters. The Kier molecular flexibility index (Phi) is 5.13. The van der Waals surface area contributed by atoms with E-state index in [0.717, 1.165) is 16.0 Å². The fraction of sp³-hybridized carbons (Fsp3) is 0.0952. The molecule has 2 heterocycles. The van der Waals surface area contributed by atoms with Gasteiger partial charge in [-0.25, -0.2) is 14.5 Å². The zero-order valence-electron chi connectivity index (χ0n) is 15.6. The van der Waals surface area contributed by atoms with E-state index in [-0.39, 0.29) is 22.2 Å². The lowest BCUT2D eigenvalue weighted by Crippen LogP contribution is -2.09. The normalized spacial score (nSPS) is 11.5. The number of alkyl halides is 3. The van der Waals surface area contributed by atoms with Gasteiger partial charge < -0.3 is 4.74 Å². The van der Waals surface area contributed by atoms with Crippen molar-refractivity contribution in [1.82, 2.24) is 14.8 Å². The van der Waals surface area contributed by atoms with Gasteiger partial charge in [0.1, 0.15) is 11.3 Å². The van der Waals surface area contributed by atoms with E-state index >= 15 is 0 Å². The molecule has 0 atom stereocenters. The van der Waals surface area contributed by atoms with E-state index in [4.69, 9.17) is 0 Å². The van der Waals surface area contributed by atoms with Crippen molar-refractivity contribution in [1.29, 1.82) is 0 Å². The summed E-state index contributed by atoms with van der Waals surface area (Å²) in [6, 6.07) is 16.3. The highest BCUT2D eigenvalue weighted by Gasteiger charge is 2.41. The summed E-state index contributed by atoms with van der Waals surface area (Å²) in [7, 11) is 1.21. The van der Waals surface area contributed by atoms with Gasteiger partial charge in [0.05, 0.1) is 12.8 Å². The predicted octanol–water partition coefficient (Wildman–Crippen LogP) is 5.47. The predicted molar refractivity (Wildman–Crippen MR) is 106 cm³/mol. The highest BCUT2D eigenvalue weighted by atomic mass is 32.1. The maximum atomic E-state index is 14.3. The van der Waals surface area contributed by atoms with Crippen LogP contribution in [0.1, 0.15) is 16.1 Å². The van der Waals surface area contributed by atoms with Crippen LogP contribution < -0.4 is 0 Å². The average molecular weight is 429 g/mol. The van der Waals surface area contributed by atoms with Gasteiger partial charge in [0.2, 0.25) is 5.13 Å². The number of thiazole rings is 1. The first-order valence-electron chi connectivity index (χ1n) is 8.75. The summed E-state index contributed by atoms with van der Waals surface area (Å²) in [4.78, 5) is 15.9. The Balaban J connectivity index is 2.03. The quantitative estimate of drug-likeness (QED) is 0.404. The van der Waals surface area contributed by atoms with Crippen LogP contribution in [-0.2, 0) is 10.9 Å².